The van der Waals surface area contributed by atoms with Gasteiger partial charge < -0.3 is 4.90 Å². The lowest BCUT2D eigenvalue weighted by Crippen LogP contribution is -2.33. The van der Waals surface area contributed by atoms with Crippen LogP contribution in [0.4, 0.5) is 10.5 Å². The van der Waals surface area contributed by atoms with Crippen molar-refractivity contribution in [3.63, 3.8) is 0 Å². The first-order valence-corrected chi connectivity index (χ1v) is 6.88. The van der Waals surface area contributed by atoms with Crippen molar-refractivity contribution in [1.29, 1.82) is 0 Å². The van der Waals surface area contributed by atoms with Crippen molar-refractivity contribution in [3.8, 4) is 0 Å². The zero-order valence-electron chi connectivity index (χ0n) is 11.8. The van der Waals surface area contributed by atoms with Gasteiger partial charge in [0.25, 0.3) is 5.91 Å². The Morgan fingerprint density at radius 2 is 1.48 bits per heavy atom. The van der Waals surface area contributed by atoms with Crippen molar-refractivity contribution in [2.45, 2.75) is 12.5 Å². The fraction of sp³-hybridized carbons (Fsp3) is 0.176. The van der Waals surface area contributed by atoms with Gasteiger partial charge in [-0.1, -0.05) is 48.5 Å². The SMILES string of the molecule is CN1C(=O)N(c2ccccc2)C(=O)C1Cc1ccccc1. The Balaban J connectivity index is 1.87. The number of anilines is 1. The molecule has 21 heavy (non-hydrogen) atoms. The summed E-state index contributed by atoms with van der Waals surface area (Å²) >= 11 is 0. The third kappa shape index (κ3) is 2.40. The van der Waals surface area contributed by atoms with Crippen molar-refractivity contribution in [2.24, 2.45) is 0 Å². The van der Waals surface area contributed by atoms with Crippen LogP contribution in [0.3, 0.4) is 0 Å². The van der Waals surface area contributed by atoms with Crippen molar-refractivity contribution in [1.82, 2.24) is 4.90 Å². The minimum atomic E-state index is -0.444. The highest BCUT2D eigenvalue weighted by molar-refractivity contribution is 6.21. The van der Waals surface area contributed by atoms with E-state index in [-0.39, 0.29) is 11.9 Å². The predicted molar refractivity (Wildman–Crippen MR) is 81.0 cm³/mol. The van der Waals surface area contributed by atoms with Crippen LogP contribution in [0.1, 0.15) is 5.56 Å². The second-order valence-corrected chi connectivity index (χ2v) is 5.11. The maximum atomic E-state index is 12.6. The molecule has 0 aromatic heterocycles. The largest absolute Gasteiger partial charge is 0.331 e. The first-order valence-electron chi connectivity index (χ1n) is 6.88. The summed E-state index contributed by atoms with van der Waals surface area (Å²) in [6, 6.07) is 18.1. The van der Waals surface area contributed by atoms with Gasteiger partial charge in [-0.05, 0) is 17.7 Å². The van der Waals surface area contributed by atoms with E-state index in [1.807, 2.05) is 48.5 Å². The molecule has 2 aromatic rings. The Morgan fingerprint density at radius 3 is 2.10 bits per heavy atom. The van der Waals surface area contributed by atoms with Crippen LogP contribution in [0.5, 0.6) is 0 Å². The number of imide groups is 1. The topological polar surface area (TPSA) is 40.6 Å². The number of carbonyl (C=O) groups excluding carboxylic acids is 2. The average molecular weight is 280 g/mol. The molecule has 4 heteroatoms. The molecule has 2 aromatic carbocycles. The molecule has 1 unspecified atom stereocenters. The molecule has 1 aliphatic heterocycles. The van der Waals surface area contributed by atoms with Crippen molar-refractivity contribution in [2.75, 3.05) is 11.9 Å². The molecule has 1 aliphatic rings. The van der Waals surface area contributed by atoms with E-state index in [9.17, 15) is 9.59 Å². The quantitative estimate of drug-likeness (QED) is 0.811. The summed E-state index contributed by atoms with van der Waals surface area (Å²) in [5, 5.41) is 0. The number of nitrogens with zero attached hydrogens (tertiary/aromatic N) is 2. The first-order chi connectivity index (χ1) is 10.2. The highest BCUT2D eigenvalue weighted by Gasteiger charge is 2.43. The van der Waals surface area contributed by atoms with Gasteiger partial charge in [-0.15, -0.1) is 0 Å². The molecule has 4 nitrogen and oxygen atoms in total. The molecular weight excluding hydrogens is 264 g/mol. The van der Waals surface area contributed by atoms with Gasteiger partial charge in [0.15, 0.2) is 0 Å². The second kappa shape index (κ2) is 5.40. The maximum Gasteiger partial charge on any atom is 0.331 e. The standard InChI is InChI=1S/C17H16N2O2/c1-18-15(12-13-8-4-2-5-9-13)16(20)19(17(18)21)14-10-6-3-7-11-14/h2-11,15H,12H2,1H3. The monoisotopic (exact) mass is 280 g/mol. The van der Waals surface area contributed by atoms with Gasteiger partial charge in [-0.3, -0.25) is 4.79 Å². The summed E-state index contributed by atoms with van der Waals surface area (Å²) in [7, 11) is 1.68. The number of hydrogen-bond donors (Lipinski definition) is 0. The fourth-order valence-electron chi connectivity index (χ4n) is 2.58. The fourth-order valence-corrected chi connectivity index (χ4v) is 2.58. The van der Waals surface area contributed by atoms with E-state index >= 15 is 0 Å². The third-order valence-corrected chi connectivity index (χ3v) is 3.75. The lowest BCUT2D eigenvalue weighted by molar-refractivity contribution is -0.119. The Labute approximate surface area is 123 Å². The Morgan fingerprint density at radius 1 is 0.905 bits per heavy atom. The van der Waals surface area contributed by atoms with Crippen molar-refractivity contribution in [3.05, 3.63) is 66.2 Å². The summed E-state index contributed by atoms with van der Waals surface area (Å²) < 4.78 is 0. The van der Waals surface area contributed by atoms with Crippen LogP contribution in [0.15, 0.2) is 60.7 Å². The van der Waals surface area contributed by atoms with Gasteiger partial charge in [-0.2, -0.15) is 0 Å². The van der Waals surface area contributed by atoms with Crippen LogP contribution in [0, 0.1) is 0 Å². The van der Waals surface area contributed by atoms with E-state index in [0.29, 0.717) is 12.1 Å². The van der Waals surface area contributed by atoms with Gasteiger partial charge in [-0.25, -0.2) is 9.69 Å². The predicted octanol–water partition coefficient (Wildman–Crippen LogP) is 2.70. The van der Waals surface area contributed by atoms with E-state index in [4.69, 9.17) is 0 Å². The summed E-state index contributed by atoms with van der Waals surface area (Å²) in [5.41, 5.74) is 1.67. The highest BCUT2D eigenvalue weighted by atomic mass is 16.2. The molecule has 0 saturated carbocycles. The van der Waals surface area contributed by atoms with Gasteiger partial charge in [0.05, 0.1) is 5.69 Å². The molecule has 3 rings (SSSR count). The van der Waals surface area contributed by atoms with Crippen LogP contribution in [0.2, 0.25) is 0 Å². The number of hydrogen-bond acceptors (Lipinski definition) is 2. The summed E-state index contributed by atoms with van der Waals surface area (Å²) in [6.07, 6.45) is 0.533. The number of likely N-dealkylation sites (N-methyl/N-ethyl adjacent to an activating group) is 1. The number of benzene rings is 2. The third-order valence-electron chi connectivity index (χ3n) is 3.75. The lowest BCUT2D eigenvalue weighted by atomic mass is 10.1. The molecule has 0 radical (unpaired) electrons. The highest BCUT2D eigenvalue weighted by Crippen LogP contribution is 2.25. The summed E-state index contributed by atoms with van der Waals surface area (Å²) in [5.74, 6) is -0.169. The average Bonchev–Trinajstić information content (AvgIpc) is 2.73. The van der Waals surface area contributed by atoms with Gasteiger partial charge in [0.1, 0.15) is 6.04 Å². The van der Waals surface area contributed by atoms with Crippen LogP contribution < -0.4 is 4.90 Å². The number of para-hydroxylation sites is 1. The molecule has 1 heterocycles. The van der Waals surface area contributed by atoms with Crippen LogP contribution >= 0.6 is 0 Å². The Hall–Kier alpha value is -2.62. The number of rotatable bonds is 3. The molecule has 3 amide bonds. The van der Waals surface area contributed by atoms with Gasteiger partial charge in [0, 0.05) is 13.5 Å². The van der Waals surface area contributed by atoms with Gasteiger partial charge in [0.2, 0.25) is 0 Å². The molecule has 0 aliphatic carbocycles. The molecule has 0 N–H and O–H groups in total. The number of carbonyl (C=O) groups is 2. The Kier molecular flexibility index (Phi) is 3.44. The van der Waals surface area contributed by atoms with E-state index in [2.05, 4.69) is 0 Å². The minimum Gasteiger partial charge on any atom is -0.315 e. The van der Waals surface area contributed by atoms with E-state index < -0.39 is 6.04 Å². The molecule has 0 bridgehead atoms. The molecule has 1 saturated heterocycles. The van der Waals surface area contributed by atoms with Crippen molar-refractivity contribution >= 4 is 17.6 Å². The van der Waals surface area contributed by atoms with Crippen LogP contribution in [-0.2, 0) is 11.2 Å². The lowest BCUT2D eigenvalue weighted by Gasteiger charge is -2.15. The van der Waals surface area contributed by atoms with Crippen molar-refractivity contribution < 1.29 is 9.59 Å². The van der Waals surface area contributed by atoms with E-state index in [1.165, 1.54) is 9.80 Å². The molecular formula is C17H16N2O2. The van der Waals surface area contributed by atoms with E-state index in [1.54, 1.807) is 19.2 Å². The summed E-state index contributed by atoms with van der Waals surface area (Å²) in [4.78, 5) is 27.7. The molecule has 1 atom stereocenters. The van der Waals surface area contributed by atoms with Crippen LogP contribution in [-0.4, -0.2) is 29.9 Å². The molecule has 1 fully saturated rings. The molecule has 0 spiro atoms. The second-order valence-electron chi connectivity index (χ2n) is 5.11. The van der Waals surface area contributed by atoms with Crippen LogP contribution in [0.25, 0.3) is 0 Å². The maximum absolute atomic E-state index is 12.6. The minimum absolute atomic E-state index is 0.169. The van der Waals surface area contributed by atoms with Gasteiger partial charge >= 0.3 is 6.03 Å². The smallest absolute Gasteiger partial charge is 0.315 e. The zero-order valence-corrected chi connectivity index (χ0v) is 11.8. The first kappa shape index (κ1) is 13.4. The number of urea groups is 1. The Bertz CT molecular complexity index is 655. The molecule has 106 valence electrons. The number of amides is 3. The zero-order chi connectivity index (χ0) is 14.8. The van der Waals surface area contributed by atoms with E-state index in [0.717, 1.165) is 5.56 Å². The normalized spacial score (nSPS) is 18.4. The summed E-state index contributed by atoms with van der Waals surface area (Å²) in [6.45, 7) is 0.